The van der Waals surface area contributed by atoms with E-state index in [2.05, 4.69) is 10.6 Å². The standard InChI is InChI=1S/C23H28ClN3O5S/c1-3-27(4-2)33(30,31)21-14-16(11-12-19(21)24)22(28)26-20-10-6-5-9-18(20)23(29)25-15-17-8-7-13-32-17/h5-6,9-12,14,17H,3-4,7-8,13,15H2,1-2H3,(H,25,29)(H,26,28). The molecule has 10 heteroatoms. The molecule has 0 spiro atoms. The average molecular weight is 494 g/mol. The summed E-state index contributed by atoms with van der Waals surface area (Å²) in [6, 6.07) is 10.7. The second-order valence-electron chi connectivity index (χ2n) is 7.58. The van der Waals surface area contributed by atoms with Crippen LogP contribution in [0.5, 0.6) is 0 Å². The highest BCUT2D eigenvalue weighted by molar-refractivity contribution is 7.89. The smallest absolute Gasteiger partial charge is 0.255 e. The van der Waals surface area contributed by atoms with Crippen LogP contribution >= 0.6 is 11.6 Å². The van der Waals surface area contributed by atoms with Crippen LogP contribution in [0, 0.1) is 0 Å². The fraction of sp³-hybridized carbons (Fsp3) is 0.391. The fourth-order valence-electron chi connectivity index (χ4n) is 3.64. The fourth-order valence-corrected chi connectivity index (χ4v) is 5.59. The molecule has 0 saturated carbocycles. The van der Waals surface area contributed by atoms with Gasteiger partial charge < -0.3 is 15.4 Å². The van der Waals surface area contributed by atoms with Crippen LogP contribution in [0.25, 0.3) is 0 Å². The lowest BCUT2D eigenvalue weighted by molar-refractivity contribution is 0.0858. The Morgan fingerprint density at radius 1 is 1.12 bits per heavy atom. The maximum Gasteiger partial charge on any atom is 0.255 e. The maximum absolute atomic E-state index is 12.9. The number of halogens is 1. The predicted molar refractivity (Wildman–Crippen MR) is 127 cm³/mol. The second-order valence-corrected chi connectivity index (χ2v) is 9.89. The second kappa shape index (κ2) is 11.1. The number of carbonyl (C=O) groups is 2. The Morgan fingerprint density at radius 2 is 1.85 bits per heavy atom. The molecular formula is C23H28ClN3O5S. The summed E-state index contributed by atoms with van der Waals surface area (Å²) in [7, 11) is -3.85. The number of para-hydroxylation sites is 1. The van der Waals surface area contributed by atoms with Gasteiger partial charge in [-0.25, -0.2) is 8.42 Å². The highest BCUT2D eigenvalue weighted by Gasteiger charge is 2.26. The van der Waals surface area contributed by atoms with Gasteiger partial charge in [-0.2, -0.15) is 4.31 Å². The molecule has 0 bridgehead atoms. The zero-order valence-corrected chi connectivity index (χ0v) is 20.2. The van der Waals surface area contributed by atoms with E-state index in [1.807, 2.05) is 0 Å². The Kier molecular flexibility index (Phi) is 8.47. The third-order valence-electron chi connectivity index (χ3n) is 5.45. The highest BCUT2D eigenvalue weighted by Crippen LogP contribution is 2.26. The van der Waals surface area contributed by atoms with Crippen molar-refractivity contribution in [1.29, 1.82) is 0 Å². The molecule has 1 atom stereocenters. The number of rotatable bonds is 9. The quantitative estimate of drug-likeness (QED) is 0.556. The molecule has 1 aliphatic rings. The van der Waals surface area contributed by atoms with E-state index < -0.39 is 15.9 Å². The minimum absolute atomic E-state index is 0.00375. The van der Waals surface area contributed by atoms with Crippen LogP contribution in [0.3, 0.4) is 0 Å². The van der Waals surface area contributed by atoms with Crippen LogP contribution in [-0.2, 0) is 14.8 Å². The molecule has 178 valence electrons. The van der Waals surface area contributed by atoms with Crippen molar-refractivity contribution < 1.29 is 22.7 Å². The number of amides is 2. The van der Waals surface area contributed by atoms with Gasteiger partial charge in [-0.3, -0.25) is 9.59 Å². The molecule has 1 heterocycles. The van der Waals surface area contributed by atoms with Gasteiger partial charge >= 0.3 is 0 Å². The van der Waals surface area contributed by atoms with E-state index in [1.54, 1.807) is 38.1 Å². The van der Waals surface area contributed by atoms with E-state index in [0.717, 1.165) is 12.8 Å². The van der Waals surface area contributed by atoms with Gasteiger partial charge in [0.2, 0.25) is 10.0 Å². The number of benzene rings is 2. The van der Waals surface area contributed by atoms with Crippen LogP contribution in [-0.4, -0.2) is 56.9 Å². The van der Waals surface area contributed by atoms with Crippen molar-refractivity contribution in [1.82, 2.24) is 9.62 Å². The van der Waals surface area contributed by atoms with Gasteiger partial charge in [0, 0.05) is 31.8 Å². The van der Waals surface area contributed by atoms with E-state index >= 15 is 0 Å². The minimum atomic E-state index is -3.85. The van der Waals surface area contributed by atoms with E-state index in [4.69, 9.17) is 16.3 Å². The third-order valence-corrected chi connectivity index (χ3v) is 7.98. The summed E-state index contributed by atoms with van der Waals surface area (Å²) in [6.07, 6.45) is 1.87. The zero-order valence-electron chi connectivity index (χ0n) is 18.6. The molecule has 1 saturated heterocycles. The van der Waals surface area contributed by atoms with E-state index in [0.29, 0.717) is 24.4 Å². The number of nitrogens with zero attached hydrogens (tertiary/aromatic N) is 1. The molecule has 1 unspecified atom stereocenters. The summed E-state index contributed by atoms with van der Waals surface area (Å²) < 4.78 is 32.6. The third kappa shape index (κ3) is 5.92. The average Bonchev–Trinajstić information content (AvgIpc) is 3.32. The molecule has 1 aliphatic heterocycles. The van der Waals surface area contributed by atoms with Crippen molar-refractivity contribution in [2.75, 3.05) is 31.6 Å². The molecule has 2 aromatic carbocycles. The van der Waals surface area contributed by atoms with Crippen molar-refractivity contribution in [3.05, 3.63) is 58.6 Å². The van der Waals surface area contributed by atoms with Crippen LogP contribution in [0.1, 0.15) is 47.4 Å². The monoisotopic (exact) mass is 493 g/mol. The van der Waals surface area contributed by atoms with Crippen molar-refractivity contribution in [3.63, 3.8) is 0 Å². The Labute approximate surface area is 199 Å². The molecule has 33 heavy (non-hydrogen) atoms. The number of carbonyl (C=O) groups excluding carboxylic acids is 2. The van der Waals surface area contributed by atoms with Crippen molar-refractivity contribution in [2.45, 2.75) is 37.7 Å². The summed E-state index contributed by atoms with van der Waals surface area (Å²) in [5.41, 5.74) is 0.726. The van der Waals surface area contributed by atoms with Crippen LogP contribution in [0.2, 0.25) is 5.02 Å². The molecule has 0 radical (unpaired) electrons. The van der Waals surface area contributed by atoms with Crippen LogP contribution in [0.15, 0.2) is 47.4 Å². The van der Waals surface area contributed by atoms with E-state index in [-0.39, 0.29) is 40.6 Å². The first kappa shape index (κ1) is 25.2. The molecule has 8 nitrogen and oxygen atoms in total. The number of hydrogen-bond acceptors (Lipinski definition) is 5. The topological polar surface area (TPSA) is 105 Å². The summed E-state index contributed by atoms with van der Waals surface area (Å²) in [5.74, 6) is -0.885. The lowest BCUT2D eigenvalue weighted by Gasteiger charge is -2.19. The molecule has 3 rings (SSSR count). The van der Waals surface area contributed by atoms with Gasteiger partial charge in [-0.05, 0) is 43.2 Å². The maximum atomic E-state index is 12.9. The zero-order chi connectivity index (χ0) is 24.0. The predicted octanol–water partition coefficient (Wildman–Crippen LogP) is 3.53. The van der Waals surface area contributed by atoms with E-state index in [1.165, 1.54) is 22.5 Å². The molecule has 0 aromatic heterocycles. The van der Waals surface area contributed by atoms with Crippen molar-refractivity contribution in [3.8, 4) is 0 Å². The first-order valence-corrected chi connectivity index (χ1v) is 12.7. The van der Waals surface area contributed by atoms with Gasteiger partial charge in [0.1, 0.15) is 4.90 Å². The van der Waals surface area contributed by atoms with Gasteiger partial charge in [-0.1, -0.05) is 37.6 Å². The lowest BCUT2D eigenvalue weighted by atomic mass is 10.1. The lowest BCUT2D eigenvalue weighted by Crippen LogP contribution is -2.32. The molecular weight excluding hydrogens is 466 g/mol. The molecule has 2 aromatic rings. The number of nitrogens with one attached hydrogen (secondary N) is 2. The Morgan fingerprint density at radius 3 is 2.52 bits per heavy atom. The number of sulfonamides is 1. The molecule has 0 aliphatic carbocycles. The number of hydrogen-bond donors (Lipinski definition) is 2. The van der Waals surface area contributed by atoms with Gasteiger partial charge in [0.25, 0.3) is 11.8 Å². The van der Waals surface area contributed by atoms with Crippen molar-refractivity contribution >= 4 is 39.1 Å². The largest absolute Gasteiger partial charge is 0.376 e. The highest BCUT2D eigenvalue weighted by atomic mass is 35.5. The Balaban J connectivity index is 1.80. The summed E-state index contributed by atoms with van der Waals surface area (Å²) in [6.45, 7) is 5.10. The Hall–Kier alpha value is -2.46. The SMILES string of the molecule is CCN(CC)S(=O)(=O)c1cc(C(=O)Nc2ccccc2C(=O)NCC2CCCO2)ccc1Cl. The first-order chi connectivity index (χ1) is 15.8. The van der Waals surface area contributed by atoms with Gasteiger partial charge in [-0.15, -0.1) is 0 Å². The number of ether oxygens (including phenoxy) is 1. The molecule has 2 amide bonds. The van der Waals surface area contributed by atoms with Gasteiger partial charge in [0.15, 0.2) is 0 Å². The number of anilines is 1. The van der Waals surface area contributed by atoms with Gasteiger partial charge in [0.05, 0.1) is 22.4 Å². The minimum Gasteiger partial charge on any atom is -0.376 e. The summed E-state index contributed by atoms with van der Waals surface area (Å²) >= 11 is 6.16. The van der Waals surface area contributed by atoms with Crippen LogP contribution < -0.4 is 10.6 Å². The van der Waals surface area contributed by atoms with Crippen molar-refractivity contribution in [2.24, 2.45) is 0 Å². The molecule has 1 fully saturated rings. The van der Waals surface area contributed by atoms with Crippen LogP contribution in [0.4, 0.5) is 5.69 Å². The van der Waals surface area contributed by atoms with E-state index in [9.17, 15) is 18.0 Å². The summed E-state index contributed by atoms with van der Waals surface area (Å²) in [4.78, 5) is 25.5. The Bertz CT molecular complexity index is 1110. The normalized spacial score (nSPS) is 16.1. The molecule has 2 N–H and O–H groups in total. The summed E-state index contributed by atoms with van der Waals surface area (Å²) in [5, 5.41) is 5.58. The first-order valence-electron chi connectivity index (χ1n) is 10.9.